The van der Waals surface area contributed by atoms with Crippen LogP contribution < -0.4 is 26.2 Å². The lowest BCUT2D eigenvalue weighted by molar-refractivity contribution is -0.192. The molecule has 1 aliphatic heterocycles. The number of hydrogen-bond donors (Lipinski definition) is 2. The number of alkyl halides is 3. The number of carboxylic acid groups (broad SMARTS) is 1. The summed E-state index contributed by atoms with van der Waals surface area (Å²) >= 11 is 0. The maximum atomic E-state index is 14.0. The van der Waals surface area contributed by atoms with Gasteiger partial charge in [-0.3, -0.25) is 18.5 Å². The van der Waals surface area contributed by atoms with Crippen molar-refractivity contribution < 1.29 is 27.8 Å². The Labute approximate surface area is 232 Å². The first kappa shape index (κ1) is 29.4. The fourth-order valence-electron chi connectivity index (χ4n) is 4.62. The second-order valence-electron chi connectivity index (χ2n) is 9.23. The summed E-state index contributed by atoms with van der Waals surface area (Å²) in [5.41, 5.74) is 1.51. The van der Waals surface area contributed by atoms with Gasteiger partial charge in [-0.2, -0.15) is 18.2 Å². The second kappa shape index (κ2) is 11.9. The van der Waals surface area contributed by atoms with Crippen LogP contribution in [0.15, 0.2) is 64.2 Å². The minimum absolute atomic E-state index is 0.350. The molecule has 1 aliphatic rings. The Kier molecular flexibility index (Phi) is 8.52. The van der Waals surface area contributed by atoms with Crippen LogP contribution in [0.3, 0.4) is 0 Å². The quantitative estimate of drug-likeness (QED) is 0.373. The van der Waals surface area contributed by atoms with Crippen LogP contribution in [0.4, 0.5) is 19.1 Å². The van der Waals surface area contributed by atoms with Crippen LogP contribution in [0.2, 0.25) is 0 Å². The van der Waals surface area contributed by atoms with E-state index in [-0.39, 0.29) is 5.56 Å². The predicted octanol–water partition coefficient (Wildman–Crippen LogP) is 2.55. The molecule has 218 valence electrons. The van der Waals surface area contributed by atoms with Gasteiger partial charge in [0, 0.05) is 33.2 Å². The average molecular weight is 575 g/mol. The van der Waals surface area contributed by atoms with Gasteiger partial charge in [0.25, 0.3) is 5.56 Å². The number of aryl methyl sites for hydroxylation is 1. The molecule has 0 saturated carbocycles. The molecule has 0 spiro atoms. The van der Waals surface area contributed by atoms with E-state index >= 15 is 0 Å². The maximum Gasteiger partial charge on any atom is 0.490 e. The molecule has 1 fully saturated rings. The third-order valence-electron chi connectivity index (χ3n) is 6.71. The van der Waals surface area contributed by atoms with Crippen molar-refractivity contribution in [2.24, 2.45) is 7.05 Å². The number of ether oxygens (including phenoxy) is 1. The number of halogens is 3. The Morgan fingerprint density at radius 2 is 1.63 bits per heavy atom. The van der Waals surface area contributed by atoms with E-state index in [0.717, 1.165) is 31.7 Å². The first-order chi connectivity index (χ1) is 19.5. The van der Waals surface area contributed by atoms with Gasteiger partial charge in [-0.1, -0.05) is 42.5 Å². The highest BCUT2D eigenvalue weighted by atomic mass is 19.4. The normalized spacial score (nSPS) is 14.3. The molecule has 1 unspecified atom stereocenters. The van der Waals surface area contributed by atoms with Crippen molar-refractivity contribution in [2.75, 3.05) is 38.2 Å². The first-order valence-electron chi connectivity index (χ1n) is 12.7. The zero-order chi connectivity index (χ0) is 29.9. The monoisotopic (exact) mass is 574 g/mol. The third-order valence-corrected chi connectivity index (χ3v) is 6.71. The molecule has 0 aliphatic carbocycles. The topological polar surface area (TPSA) is 124 Å². The number of aromatic nitrogens is 4. The number of anilines is 1. The van der Waals surface area contributed by atoms with Crippen molar-refractivity contribution in [1.29, 1.82) is 0 Å². The molecule has 1 atom stereocenters. The van der Waals surface area contributed by atoms with Crippen LogP contribution >= 0.6 is 0 Å². The van der Waals surface area contributed by atoms with E-state index in [4.69, 9.17) is 19.6 Å². The molecule has 2 aromatic carbocycles. The summed E-state index contributed by atoms with van der Waals surface area (Å²) in [6, 6.07) is 16.7. The van der Waals surface area contributed by atoms with Crippen molar-refractivity contribution in [2.45, 2.75) is 19.1 Å². The minimum atomic E-state index is -5.08. The van der Waals surface area contributed by atoms with Crippen molar-refractivity contribution in [3.05, 3.63) is 81.0 Å². The number of methoxy groups -OCH3 is 1. The highest BCUT2D eigenvalue weighted by molar-refractivity contribution is 5.79. The average Bonchev–Trinajstić information content (AvgIpc) is 3.38. The minimum Gasteiger partial charge on any atom is -0.495 e. The van der Waals surface area contributed by atoms with E-state index in [1.54, 1.807) is 14.2 Å². The summed E-state index contributed by atoms with van der Waals surface area (Å²) in [5.74, 6) is -1.51. The van der Waals surface area contributed by atoms with Gasteiger partial charge < -0.3 is 20.1 Å². The molecule has 2 N–H and O–H groups in total. The SMILES string of the molecule is COc1ccccc1-n1c(N2CCNCC2)nc2c1c(=O)n(C(C)c1ccccc1)c(=O)n2C.O=C(O)C(F)(F)F. The zero-order valence-electron chi connectivity index (χ0n) is 22.6. The molecule has 3 heterocycles. The fraction of sp³-hybridized carbons (Fsp3) is 0.333. The van der Waals surface area contributed by atoms with Crippen LogP contribution in [0.25, 0.3) is 16.9 Å². The number of para-hydroxylation sites is 2. The van der Waals surface area contributed by atoms with Crippen LogP contribution in [-0.2, 0) is 11.8 Å². The molecule has 0 amide bonds. The Balaban J connectivity index is 0.000000493. The third kappa shape index (κ3) is 5.82. The van der Waals surface area contributed by atoms with Crippen LogP contribution in [0.5, 0.6) is 5.75 Å². The molecule has 14 heteroatoms. The number of rotatable bonds is 5. The first-order valence-corrected chi connectivity index (χ1v) is 12.7. The molecule has 11 nitrogen and oxygen atoms in total. The van der Waals surface area contributed by atoms with Crippen LogP contribution in [-0.4, -0.2) is 69.2 Å². The number of carbonyl (C=O) groups is 1. The summed E-state index contributed by atoms with van der Waals surface area (Å²) in [6.45, 7) is 4.96. The lowest BCUT2D eigenvalue weighted by Gasteiger charge is -2.29. The van der Waals surface area contributed by atoms with Gasteiger partial charge in [-0.05, 0) is 24.6 Å². The van der Waals surface area contributed by atoms with E-state index in [0.29, 0.717) is 28.5 Å². The number of piperazine rings is 1. The smallest absolute Gasteiger partial charge is 0.490 e. The Bertz CT molecular complexity index is 1660. The zero-order valence-corrected chi connectivity index (χ0v) is 22.6. The van der Waals surface area contributed by atoms with Gasteiger partial charge in [0.05, 0.1) is 18.8 Å². The highest BCUT2D eigenvalue weighted by Gasteiger charge is 2.38. The summed E-state index contributed by atoms with van der Waals surface area (Å²) < 4.78 is 42.0. The van der Waals surface area contributed by atoms with Crippen molar-refractivity contribution >= 4 is 23.1 Å². The summed E-state index contributed by atoms with van der Waals surface area (Å²) in [4.78, 5) is 43.3. The number of nitrogens with zero attached hydrogens (tertiary/aromatic N) is 5. The summed E-state index contributed by atoms with van der Waals surface area (Å²) in [7, 11) is 3.27. The molecular formula is C27H29F3N6O5. The predicted molar refractivity (Wildman–Crippen MR) is 146 cm³/mol. The van der Waals surface area contributed by atoms with E-state index < -0.39 is 23.9 Å². The van der Waals surface area contributed by atoms with E-state index in [9.17, 15) is 22.8 Å². The molecule has 2 aromatic heterocycles. The molecule has 5 rings (SSSR count). The van der Waals surface area contributed by atoms with Crippen LogP contribution in [0.1, 0.15) is 18.5 Å². The number of imidazole rings is 1. The fourth-order valence-corrected chi connectivity index (χ4v) is 4.62. The Morgan fingerprint density at radius 1 is 1.05 bits per heavy atom. The second-order valence-corrected chi connectivity index (χ2v) is 9.23. The van der Waals surface area contributed by atoms with Crippen molar-refractivity contribution in [1.82, 2.24) is 24.0 Å². The standard InChI is InChI=1S/C25H28N6O3.C2HF3O2/c1-17(18-9-5-4-6-10-18)30-23(32)21-22(28(2)25(30)33)27-24(29-15-13-26-14-16-29)31(21)19-11-7-8-12-20(19)34-3;3-2(4,5)1(6)7/h4-12,17,26H,13-16H2,1-3H3;(H,6,7). The summed E-state index contributed by atoms with van der Waals surface area (Å²) in [6.07, 6.45) is -5.08. The lowest BCUT2D eigenvalue weighted by atomic mass is 10.1. The van der Waals surface area contributed by atoms with Gasteiger partial charge in [-0.25, -0.2) is 9.59 Å². The van der Waals surface area contributed by atoms with Crippen molar-refractivity contribution in [3.63, 3.8) is 0 Å². The van der Waals surface area contributed by atoms with Gasteiger partial charge in [0.2, 0.25) is 5.95 Å². The lowest BCUT2D eigenvalue weighted by Crippen LogP contribution is -2.44. The molecular weight excluding hydrogens is 545 g/mol. The van der Waals surface area contributed by atoms with Gasteiger partial charge in [-0.15, -0.1) is 0 Å². The van der Waals surface area contributed by atoms with Gasteiger partial charge in [0.15, 0.2) is 11.2 Å². The number of carboxylic acids is 1. The number of benzene rings is 2. The highest BCUT2D eigenvalue weighted by Crippen LogP contribution is 2.31. The Morgan fingerprint density at radius 3 is 2.22 bits per heavy atom. The summed E-state index contributed by atoms with van der Waals surface area (Å²) in [5, 5.41) is 10.5. The number of aliphatic carboxylic acids is 1. The van der Waals surface area contributed by atoms with Crippen LogP contribution in [0, 0.1) is 0 Å². The van der Waals surface area contributed by atoms with E-state index in [1.807, 2.05) is 66.1 Å². The van der Waals surface area contributed by atoms with E-state index in [1.165, 1.54) is 9.13 Å². The van der Waals surface area contributed by atoms with Gasteiger partial charge in [0.1, 0.15) is 5.75 Å². The number of hydrogen-bond acceptors (Lipinski definition) is 7. The maximum absolute atomic E-state index is 14.0. The molecule has 0 bridgehead atoms. The molecule has 1 saturated heterocycles. The van der Waals surface area contributed by atoms with E-state index in [2.05, 4.69) is 10.2 Å². The van der Waals surface area contributed by atoms with Crippen molar-refractivity contribution in [3.8, 4) is 11.4 Å². The molecule has 0 radical (unpaired) electrons. The number of fused-ring (bicyclic) bond motifs is 1. The largest absolute Gasteiger partial charge is 0.495 e. The molecule has 41 heavy (non-hydrogen) atoms. The number of nitrogens with one attached hydrogen (secondary N) is 1. The molecule has 4 aromatic rings. The Hall–Kier alpha value is -4.59. The van der Waals surface area contributed by atoms with Gasteiger partial charge >= 0.3 is 17.8 Å².